The van der Waals surface area contributed by atoms with Crippen LogP contribution in [0.5, 0.6) is 0 Å². The molecule has 3 rings (SSSR count). The molecule has 2 aromatic heterocycles. The number of carbonyl (C=O) groups is 1. The summed E-state index contributed by atoms with van der Waals surface area (Å²) in [5.74, 6) is 0.180. The SMILES string of the molecule is CSc1ccccc1NC(=O)Cn1nc(-n2nc(C)cc2C)ccc1=O. The number of carbonyl (C=O) groups excluding carboxylic acids is 1. The molecule has 0 saturated carbocycles. The van der Waals surface area contributed by atoms with Crippen LogP contribution >= 0.6 is 11.8 Å². The van der Waals surface area contributed by atoms with Crippen LogP contribution in [0.15, 0.2) is 52.2 Å². The van der Waals surface area contributed by atoms with Gasteiger partial charge in [-0.25, -0.2) is 9.36 Å². The lowest BCUT2D eigenvalue weighted by molar-refractivity contribution is -0.117. The average Bonchev–Trinajstić information content (AvgIpc) is 2.95. The van der Waals surface area contributed by atoms with Crippen molar-refractivity contribution in [2.24, 2.45) is 0 Å². The van der Waals surface area contributed by atoms with Crippen LogP contribution in [0.4, 0.5) is 5.69 Å². The van der Waals surface area contributed by atoms with Crippen LogP contribution in [-0.2, 0) is 11.3 Å². The molecule has 0 atom stereocenters. The minimum absolute atomic E-state index is 0.172. The highest BCUT2D eigenvalue weighted by Gasteiger charge is 2.11. The molecule has 7 nitrogen and oxygen atoms in total. The summed E-state index contributed by atoms with van der Waals surface area (Å²) >= 11 is 1.54. The number of amides is 1. The van der Waals surface area contributed by atoms with E-state index in [9.17, 15) is 9.59 Å². The number of hydrogen-bond acceptors (Lipinski definition) is 5. The number of para-hydroxylation sites is 1. The zero-order valence-corrected chi connectivity index (χ0v) is 15.6. The Labute approximate surface area is 155 Å². The summed E-state index contributed by atoms with van der Waals surface area (Å²) in [6.07, 6.45) is 1.94. The third-order valence-electron chi connectivity index (χ3n) is 3.75. The predicted molar refractivity (Wildman–Crippen MR) is 102 cm³/mol. The minimum atomic E-state index is -0.344. The molecule has 0 radical (unpaired) electrons. The molecule has 0 bridgehead atoms. The molecular formula is C18H19N5O2S. The van der Waals surface area contributed by atoms with Gasteiger partial charge in [-0.15, -0.1) is 16.9 Å². The quantitative estimate of drug-likeness (QED) is 0.699. The van der Waals surface area contributed by atoms with Gasteiger partial charge in [-0.1, -0.05) is 12.1 Å². The van der Waals surface area contributed by atoms with Gasteiger partial charge >= 0.3 is 0 Å². The van der Waals surface area contributed by atoms with Crippen LogP contribution in [-0.4, -0.2) is 31.7 Å². The van der Waals surface area contributed by atoms with E-state index in [0.29, 0.717) is 11.5 Å². The van der Waals surface area contributed by atoms with E-state index in [1.807, 2.05) is 50.4 Å². The van der Waals surface area contributed by atoms with Crippen molar-refractivity contribution in [3.05, 3.63) is 64.2 Å². The standard InChI is InChI=1S/C18H19N5O2S/c1-12-10-13(2)23(20-12)16-8-9-18(25)22(21-16)11-17(24)19-14-6-4-5-7-15(14)26-3/h4-10H,11H2,1-3H3,(H,19,24). The summed E-state index contributed by atoms with van der Waals surface area (Å²) in [6.45, 7) is 3.62. The highest BCUT2D eigenvalue weighted by molar-refractivity contribution is 7.98. The number of aryl methyl sites for hydroxylation is 2. The van der Waals surface area contributed by atoms with E-state index < -0.39 is 0 Å². The second-order valence-corrected chi connectivity index (χ2v) is 6.62. The van der Waals surface area contributed by atoms with Crippen molar-refractivity contribution in [2.75, 3.05) is 11.6 Å². The molecule has 0 saturated heterocycles. The number of aromatic nitrogens is 4. The molecule has 26 heavy (non-hydrogen) atoms. The molecule has 1 amide bonds. The number of benzene rings is 1. The van der Waals surface area contributed by atoms with E-state index in [4.69, 9.17) is 0 Å². The van der Waals surface area contributed by atoms with Gasteiger partial charge in [0.15, 0.2) is 5.82 Å². The molecule has 1 N–H and O–H groups in total. The predicted octanol–water partition coefficient (Wildman–Crippen LogP) is 2.41. The van der Waals surface area contributed by atoms with Crippen LogP contribution < -0.4 is 10.9 Å². The Morgan fingerprint density at radius 2 is 1.92 bits per heavy atom. The van der Waals surface area contributed by atoms with Crippen molar-refractivity contribution >= 4 is 23.4 Å². The topological polar surface area (TPSA) is 81.8 Å². The lowest BCUT2D eigenvalue weighted by Crippen LogP contribution is -2.30. The van der Waals surface area contributed by atoms with Gasteiger partial charge in [-0.3, -0.25) is 9.59 Å². The number of rotatable bonds is 5. The Morgan fingerprint density at radius 1 is 1.15 bits per heavy atom. The fraction of sp³-hybridized carbons (Fsp3) is 0.222. The highest BCUT2D eigenvalue weighted by Crippen LogP contribution is 2.24. The Morgan fingerprint density at radius 3 is 2.62 bits per heavy atom. The number of hydrogen-bond donors (Lipinski definition) is 1. The molecule has 1 aromatic carbocycles. The van der Waals surface area contributed by atoms with Gasteiger partial charge in [-0.05, 0) is 44.4 Å². The smallest absolute Gasteiger partial charge is 0.267 e. The molecule has 0 fully saturated rings. The first-order valence-electron chi connectivity index (χ1n) is 8.02. The fourth-order valence-electron chi connectivity index (χ4n) is 2.60. The molecule has 0 unspecified atom stereocenters. The first kappa shape index (κ1) is 17.9. The van der Waals surface area contributed by atoms with Crippen LogP contribution in [0.1, 0.15) is 11.4 Å². The fourth-order valence-corrected chi connectivity index (χ4v) is 3.15. The average molecular weight is 369 g/mol. The number of anilines is 1. The first-order valence-corrected chi connectivity index (χ1v) is 9.25. The molecule has 0 aliphatic carbocycles. The third-order valence-corrected chi connectivity index (χ3v) is 4.55. The second-order valence-electron chi connectivity index (χ2n) is 5.77. The maximum absolute atomic E-state index is 12.4. The molecule has 3 aromatic rings. The normalized spacial score (nSPS) is 10.7. The number of nitrogens with zero attached hydrogens (tertiary/aromatic N) is 4. The van der Waals surface area contributed by atoms with E-state index in [0.717, 1.165) is 21.0 Å². The van der Waals surface area contributed by atoms with Crippen molar-refractivity contribution < 1.29 is 4.79 Å². The first-order chi connectivity index (χ1) is 12.5. The van der Waals surface area contributed by atoms with Crippen LogP contribution in [0.3, 0.4) is 0 Å². The summed E-state index contributed by atoms with van der Waals surface area (Å²) in [7, 11) is 0. The molecule has 0 aliphatic heterocycles. The summed E-state index contributed by atoms with van der Waals surface area (Å²) in [4.78, 5) is 25.4. The lowest BCUT2D eigenvalue weighted by Gasteiger charge is -2.11. The largest absolute Gasteiger partial charge is 0.323 e. The van der Waals surface area contributed by atoms with Crippen molar-refractivity contribution in [3.8, 4) is 5.82 Å². The highest BCUT2D eigenvalue weighted by atomic mass is 32.2. The Balaban J connectivity index is 1.83. The van der Waals surface area contributed by atoms with E-state index >= 15 is 0 Å². The van der Waals surface area contributed by atoms with Crippen molar-refractivity contribution in [1.82, 2.24) is 19.6 Å². The van der Waals surface area contributed by atoms with Crippen LogP contribution in [0.2, 0.25) is 0 Å². The van der Waals surface area contributed by atoms with Gasteiger partial charge in [0.2, 0.25) is 5.91 Å². The van der Waals surface area contributed by atoms with Crippen LogP contribution in [0, 0.1) is 13.8 Å². The molecule has 134 valence electrons. The molecular weight excluding hydrogens is 350 g/mol. The van der Waals surface area contributed by atoms with E-state index in [1.54, 1.807) is 22.5 Å². The van der Waals surface area contributed by atoms with Gasteiger partial charge in [0.05, 0.1) is 11.4 Å². The minimum Gasteiger partial charge on any atom is -0.323 e. The van der Waals surface area contributed by atoms with Crippen LogP contribution in [0.25, 0.3) is 5.82 Å². The summed E-state index contributed by atoms with van der Waals surface area (Å²) in [6, 6.07) is 12.4. The van der Waals surface area contributed by atoms with Crippen molar-refractivity contribution in [3.63, 3.8) is 0 Å². The number of thioether (sulfide) groups is 1. The van der Waals surface area contributed by atoms with Gasteiger partial charge in [0, 0.05) is 16.7 Å². The van der Waals surface area contributed by atoms with Gasteiger partial charge in [0.1, 0.15) is 6.54 Å². The Hall–Kier alpha value is -2.87. The lowest BCUT2D eigenvalue weighted by atomic mass is 10.3. The summed E-state index contributed by atoms with van der Waals surface area (Å²) in [5, 5.41) is 11.5. The Kier molecular flexibility index (Phi) is 5.22. The van der Waals surface area contributed by atoms with Crippen molar-refractivity contribution in [2.45, 2.75) is 25.3 Å². The van der Waals surface area contributed by atoms with E-state index in [2.05, 4.69) is 15.5 Å². The maximum atomic E-state index is 12.4. The van der Waals surface area contributed by atoms with Gasteiger partial charge in [-0.2, -0.15) is 5.10 Å². The molecule has 0 aliphatic rings. The summed E-state index contributed by atoms with van der Waals surface area (Å²) in [5.41, 5.74) is 2.13. The van der Waals surface area contributed by atoms with Crippen molar-refractivity contribution in [1.29, 1.82) is 0 Å². The molecule has 8 heteroatoms. The Bertz CT molecular complexity index is 1010. The summed E-state index contributed by atoms with van der Waals surface area (Å²) < 4.78 is 2.79. The maximum Gasteiger partial charge on any atom is 0.267 e. The third kappa shape index (κ3) is 3.85. The van der Waals surface area contributed by atoms with Gasteiger partial charge in [0.25, 0.3) is 5.56 Å². The van der Waals surface area contributed by atoms with E-state index in [-0.39, 0.29) is 18.0 Å². The zero-order valence-electron chi connectivity index (χ0n) is 14.8. The molecule has 2 heterocycles. The van der Waals surface area contributed by atoms with E-state index in [1.165, 1.54) is 6.07 Å². The monoisotopic (exact) mass is 369 g/mol. The molecule has 0 spiro atoms. The zero-order chi connectivity index (χ0) is 18.7. The second kappa shape index (κ2) is 7.57. The number of nitrogens with one attached hydrogen (secondary N) is 1. The van der Waals surface area contributed by atoms with Gasteiger partial charge < -0.3 is 5.32 Å².